The molecule has 0 saturated carbocycles. The SMILES string of the molecule is O=C(COc1ccccc1)OC1CN(c2nc3ccc(F)cc3s2)C1. The van der Waals surface area contributed by atoms with Crippen LogP contribution in [0, 0.1) is 5.82 Å². The van der Waals surface area contributed by atoms with E-state index in [9.17, 15) is 9.18 Å². The van der Waals surface area contributed by atoms with Gasteiger partial charge in [-0.2, -0.15) is 0 Å². The van der Waals surface area contributed by atoms with Crippen LogP contribution in [0.3, 0.4) is 0 Å². The number of carbonyl (C=O) groups excluding carboxylic acids is 1. The van der Waals surface area contributed by atoms with Gasteiger partial charge in [0, 0.05) is 0 Å². The molecule has 25 heavy (non-hydrogen) atoms. The number of hydrogen-bond acceptors (Lipinski definition) is 6. The summed E-state index contributed by atoms with van der Waals surface area (Å²) in [4.78, 5) is 18.3. The first-order chi connectivity index (χ1) is 12.2. The van der Waals surface area contributed by atoms with Crippen LogP contribution in [0.15, 0.2) is 48.5 Å². The van der Waals surface area contributed by atoms with Gasteiger partial charge in [0.1, 0.15) is 17.7 Å². The van der Waals surface area contributed by atoms with E-state index in [1.165, 1.54) is 23.5 Å². The lowest BCUT2D eigenvalue weighted by Crippen LogP contribution is -2.53. The third kappa shape index (κ3) is 3.56. The van der Waals surface area contributed by atoms with Crippen molar-refractivity contribution in [2.45, 2.75) is 6.10 Å². The minimum atomic E-state index is -0.389. The molecule has 1 aliphatic heterocycles. The summed E-state index contributed by atoms with van der Waals surface area (Å²) in [5.74, 6) is -0.0206. The second-order valence-corrected chi connectivity index (χ2v) is 6.74. The van der Waals surface area contributed by atoms with Gasteiger partial charge in [0.05, 0.1) is 23.3 Å². The smallest absolute Gasteiger partial charge is 0.344 e. The minimum Gasteiger partial charge on any atom is -0.482 e. The first kappa shape index (κ1) is 15.8. The molecule has 1 aromatic heterocycles. The van der Waals surface area contributed by atoms with Gasteiger partial charge < -0.3 is 14.4 Å². The van der Waals surface area contributed by atoms with Crippen molar-refractivity contribution in [2.24, 2.45) is 0 Å². The van der Waals surface area contributed by atoms with Crippen molar-refractivity contribution < 1.29 is 18.7 Å². The third-order valence-electron chi connectivity index (χ3n) is 3.86. The summed E-state index contributed by atoms with van der Waals surface area (Å²) in [5, 5.41) is 0.813. The van der Waals surface area contributed by atoms with Gasteiger partial charge in [-0.25, -0.2) is 14.2 Å². The Balaban J connectivity index is 1.27. The molecule has 2 heterocycles. The van der Waals surface area contributed by atoms with E-state index in [-0.39, 0.29) is 24.5 Å². The Morgan fingerprint density at radius 1 is 1.24 bits per heavy atom. The second kappa shape index (κ2) is 6.68. The number of nitrogens with zero attached hydrogens (tertiary/aromatic N) is 2. The number of fused-ring (bicyclic) bond motifs is 1. The quantitative estimate of drug-likeness (QED) is 0.656. The molecule has 0 bridgehead atoms. The standard InChI is InChI=1S/C18H15FN2O3S/c19-12-6-7-15-16(8-12)25-18(20-15)21-9-14(10-21)24-17(22)11-23-13-4-2-1-3-5-13/h1-8,14H,9-11H2. The number of hydrogen-bond donors (Lipinski definition) is 0. The van der Waals surface area contributed by atoms with Crippen molar-refractivity contribution in [1.29, 1.82) is 0 Å². The van der Waals surface area contributed by atoms with Crippen molar-refractivity contribution in [3.05, 3.63) is 54.3 Å². The highest BCUT2D eigenvalue weighted by molar-refractivity contribution is 7.22. The van der Waals surface area contributed by atoms with E-state index in [0.717, 1.165) is 15.3 Å². The Morgan fingerprint density at radius 2 is 2.04 bits per heavy atom. The molecule has 1 fully saturated rings. The molecule has 1 aliphatic rings. The van der Waals surface area contributed by atoms with Crippen LogP contribution in [0.4, 0.5) is 9.52 Å². The highest BCUT2D eigenvalue weighted by Crippen LogP contribution is 2.32. The number of benzene rings is 2. The van der Waals surface area contributed by atoms with Crippen LogP contribution in [-0.2, 0) is 9.53 Å². The van der Waals surface area contributed by atoms with Gasteiger partial charge in [-0.3, -0.25) is 0 Å². The summed E-state index contributed by atoms with van der Waals surface area (Å²) in [5.41, 5.74) is 0.776. The first-order valence-corrected chi connectivity index (χ1v) is 8.67. The molecule has 0 spiro atoms. The molecule has 0 aliphatic carbocycles. The average Bonchev–Trinajstić information content (AvgIpc) is 2.99. The Bertz CT molecular complexity index is 894. The van der Waals surface area contributed by atoms with Crippen LogP contribution in [-0.4, -0.2) is 36.8 Å². The number of ether oxygens (including phenoxy) is 2. The molecule has 0 radical (unpaired) electrons. The van der Waals surface area contributed by atoms with Crippen LogP contribution in [0.2, 0.25) is 0 Å². The van der Waals surface area contributed by atoms with E-state index in [1.807, 2.05) is 23.1 Å². The van der Waals surface area contributed by atoms with Gasteiger partial charge in [0.25, 0.3) is 0 Å². The maximum atomic E-state index is 13.2. The Kier molecular flexibility index (Phi) is 4.23. The molecule has 5 nitrogen and oxygen atoms in total. The summed E-state index contributed by atoms with van der Waals surface area (Å²) in [6, 6.07) is 13.7. The summed E-state index contributed by atoms with van der Waals surface area (Å²) < 4.78 is 24.8. The minimum absolute atomic E-state index is 0.110. The predicted molar refractivity (Wildman–Crippen MR) is 93.6 cm³/mol. The monoisotopic (exact) mass is 358 g/mol. The highest BCUT2D eigenvalue weighted by Gasteiger charge is 2.32. The first-order valence-electron chi connectivity index (χ1n) is 7.86. The van der Waals surface area contributed by atoms with Crippen molar-refractivity contribution in [3.8, 4) is 5.75 Å². The number of carbonyl (C=O) groups is 1. The normalized spacial score (nSPS) is 14.4. The van der Waals surface area contributed by atoms with Gasteiger partial charge in [0.15, 0.2) is 11.7 Å². The van der Waals surface area contributed by atoms with E-state index in [4.69, 9.17) is 9.47 Å². The lowest BCUT2D eigenvalue weighted by molar-refractivity contribution is -0.152. The maximum absolute atomic E-state index is 13.2. The molecule has 4 rings (SSSR count). The van der Waals surface area contributed by atoms with E-state index in [2.05, 4.69) is 4.98 Å². The third-order valence-corrected chi connectivity index (χ3v) is 4.93. The van der Waals surface area contributed by atoms with Crippen molar-refractivity contribution in [2.75, 3.05) is 24.6 Å². The predicted octanol–water partition coefficient (Wildman–Crippen LogP) is 3.25. The zero-order valence-corrected chi connectivity index (χ0v) is 14.0. The largest absolute Gasteiger partial charge is 0.482 e. The maximum Gasteiger partial charge on any atom is 0.344 e. The van der Waals surface area contributed by atoms with Crippen molar-refractivity contribution in [3.63, 3.8) is 0 Å². The van der Waals surface area contributed by atoms with Gasteiger partial charge in [-0.1, -0.05) is 29.5 Å². The molecule has 7 heteroatoms. The van der Waals surface area contributed by atoms with Gasteiger partial charge in [-0.15, -0.1) is 0 Å². The zero-order chi connectivity index (χ0) is 17.2. The number of thiazole rings is 1. The summed E-state index contributed by atoms with van der Waals surface area (Å²) in [7, 11) is 0. The highest BCUT2D eigenvalue weighted by atomic mass is 32.1. The fourth-order valence-corrected chi connectivity index (χ4v) is 3.58. The number of aromatic nitrogens is 1. The number of para-hydroxylation sites is 1. The van der Waals surface area contributed by atoms with Crippen molar-refractivity contribution >= 4 is 32.7 Å². The van der Waals surface area contributed by atoms with Crippen LogP contribution < -0.4 is 9.64 Å². The fraction of sp³-hybridized carbons (Fsp3) is 0.222. The Hall–Kier alpha value is -2.67. The van der Waals surface area contributed by atoms with Crippen LogP contribution >= 0.6 is 11.3 Å². The molecule has 0 amide bonds. The zero-order valence-electron chi connectivity index (χ0n) is 13.2. The van der Waals surface area contributed by atoms with E-state index < -0.39 is 0 Å². The number of esters is 1. The van der Waals surface area contributed by atoms with E-state index >= 15 is 0 Å². The Morgan fingerprint density at radius 3 is 2.84 bits per heavy atom. The van der Waals surface area contributed by atoms with Gasteiger partial charge in [-0.05, 0) is 30.3 Å². The van der Waals surface area contributed by atoms with Crippen LogP contribution in [0.5, 0.6) is 5.75 Å². The lowest BCUT2D eigenvalue weighted by Gasteiger charge is -2.38. The van der Waals surface area contributed by atoms with E-state index in [0.29, 0.717) is 18.8 Å². The van der Waals surface area contributed by atoms with E-state index in [1.54, 1.807) is 18.2 Å². The lowest BCUT2D eigenvalue weighted by atomic mass is 10.2. The molecular weight excluding hydrogens is 343 g/mol. The Labute approximate surface area is 147 Å². The molecule has 0 unspecified atom stereocenters. The van der Waals surface area contributed by atoms with Gasteiger partial charge >= 0.3 is 5.97 Å². The average molecular weight is 358 g/mol. The molecule has 2 aromatic carbocycles. The summed E-state index contributed by atoms with van der Waals surface area (Å²) in [6.07, 6.45) is -0.171. The molecule has 0 N–H and O–H groups in total. The molecular formula is C18H15FN2O3S. The molecule has 3 aromatic rings. The molecule has 0 atom stereocenters. The number of rotatable bonds is 5. The second-order valence-electron chi connectivity index (χ2n) is 5.73. The topological polar surface area (TPSA) is 51.7 Å². The number of anilines is 1. The van der Waals surface area contributed by atoms with Crippen LogP contribution in [0.1, 0.15) is 0 Å². The number of halogens is 1. The summed E-state index contributed by atoms with van der Waals surface area (Å²) in [6.45, 7) is 1.06. The fourth-order valence-electron chi connectivity index (χ4n) is 2.57. The summed E-state index contributed by atoms with van der Waals surface area (Å²) >= 11 is 1.43. The van der Waals surface area contributed by atoms with Gasteiger partial charge in [0.2, 0.25) is 0 Å². The van der Waals surface area contributed by atoms with Crippen LogP contribution in [0.25, 0.3) is 10.2 Å². The molecule has 1 saturated heterocycles. The van der Waals surface area contributed by atoms with Crippen molar-refractivity contribution in [1.82, 2.24) is 4.98 Å². The molecule has 128 valence electrons.